The fourth-order valence-corrected chi connectivity index (χ4v) is 3.06. The van der Waals surface area contributed by atoms with Crippen LogP contribution in [-0.2, 0) is 20.7 Å². The van der Waals surface area contributed by atoms with Gasteiger partial charge in [0.2, 0.25) is 5.75 Å². The van der Waals surface area contributed by atoms with Crippen molar-refractivity contribution in [3.63, 3.8) is 0 Å². The van der Waals surface area contributed by atoms with Gasteiger partial charge in [-0.05, 0) is 30.5 Å². The van der Waals surface area contributed by atoms with Crippen molar-refractivity contribution >= 4 is 17.9 Å². The molecule has 0 unspecified atom stereocenters. The van der Waals surface area contributed by atoms with E-state index in [0.717, 1.165) is 25.7 Å². The average molecular weight is 394 g/mol. The standard InChI is InChI=1S/C19H26N2O7/c1-25-14-8-12(9-15(26-2)18(14)27-3)10-17(23)28-11-16(22)21-19(24)20-13-6-4-5-7-13/h8-9,13H,4-7,10-11H2,1-3H3,(H2,20,21,22,24). The second-order valence-electron chi connectivity index (χ2n) is 6.37. The van der Waals surface area contributed by atoms with Crippen LogP contribution in [-0.4, -0.2) is 51.9 Å². The molecule has 2 rings (SSSR count). The lowest BCUT2D eigenvalue weighted by Crippen LogP contribution is -2.45. The maximum absolute atomic E-state index is 12.0. The minimum absolute atomic E-state index is 0.0929. The minimum Gasteiger partial charge on any atom is -0.493 e. The molecule has 1 aromatic rings. The Morgan fingerprint density at radius 2 is 1.61 bits per heavy atom. The zero-order valence-electron chi connectivity index (χ0n) is 16.3. The van der Waals surface area contributed by atoms with Crippen LogP contribution in [0.5, 0.6) is 17.2 Å². The third-order valence-electron chi connectivity index (χ3n) is 4.38. The first-order valence-corrected chi connectivity index (χ1v) is 9.01. The highest BCUT2D eigenvalue weighted by atomic mass is 16.5. The van der Waals surface area contributed by atoms with E-state index >= 15 is 0 Å². The second-order valence-corrected chi connectivity index (χ2v) is 6.37. The number of urea groups is 1. The van der Waals surface area contributed by atoms with E-state index in [4.69, 9.17) is 18.9 Å². The molecule has 1 aromatic carbocycles. The lowest BCUT2D eigenvalue weighted by Gasteiger charge is -2.14. The van der Waals surface area contributed by atoms with E-state index in [1.807, 2.05) is 0 Å². The predicted octanol–water partition coefficient (Wildman–Crippen LogP) is 1.57. The fourth-order valence-electron chi connectivity index (χ4n) is 3.06. The molecule has 9 heteroatoms. The van der Waals surface area contributed by atoms with Gasteiger partial charge in [0.1, 0.15) is 0 Å². The smallest absolute Gasteiger partial charge is 0.321 e. The number of carbonyl (C=O) groups excluding carboxylic acids is 3. The van der Waals surface area contributed by atoms with Crippen LogP contribution in [0.3, 0.4) is 0 Å². The molecule has 1 aliphatic carbocycles. The van der Waals surface area contributed by atoms with Crippen LogP contribution < -0.4 is 24.8 Å². The van der Waals surface area contributed by atoms with Gasteiger partial charge in [0, 0.05) is 6.04 Å². The molecule has 0 atom stereocenters. The Hall–Kier alpha value is -2.97. The number of hydrogen-bond donors (Lipinski definition) is 2. The number of methoxy groups -OCH3 is 3. The van der Waals surface area contributed by atoms with Crippen LogP contribution in [0.25, 0.3) is 0 Å². The number of esters is 1. The van der Waals surface area contributed by atoms with Crippen molar-refractivity contribution in [1.82, 2.24) is 10.6 Å². The van der Waals surface area contributed by atoms with E-state index in [1.165, 1.54) is 21.3 Å². The monoisotopic (exact) mass is 394 g/mol. The molecule has 9 nitrogen and oxygen atoms in total. The molecule has 0 bridgehead atoms. The summed E-state index contributed by atoms with van der Waals surface area (Å²) < 4.78 is 20.6. The Bertz CT molecular complexity index is 689. The first-order valence-electron chi connectivity index (χ1n) is 9.01. The van der Waals surface area contributed by atoms with Crippen molar-refractivity contribution in [1.29, 1.82) is 0 Å². The quantitative estimate of drug-likeness (QED) is 0.644. The lowest BCUT2D eigenvalue weighted by molar-refractivity contribution is -0.147. The van der Waals surface area contributed by atoms with Crippen molar-refractivity contribution in [2.45, 2.75) is 38.1 Å². The topological polar surface area (TPSA) is 112 Å². The largest absolute Gasteiger partial charge is 0.493 e. The van der Waals surface area contributed by atoms with E-state index in [1.54, 1.807) is 12.1 Å². The first kappa shape index (κ1) is 21.3. The number of hydrogen-bond acceptors (Lipinski definition) is 7. The third kappa shape index (κ3) is 6.04. The summed E-state index contributed by atoms with van der Waals surface area (Å²) in [5.41, 5.74) is 0.568. The molecule has 3 amide bonds. The number of imide groups is 1. The predicted molar refractivity (Wildman–Crippen MR) is 99.7 cm³/mol. The summed E-state index contributed by atoms with van der Waals surface area (Å²) in [6.45, 7) is -0.540. The Morgan fingerprint density at radius 1 is 1.00 bits per heavy atom. The van der Waals surface area contributed by atoms with Crippen LogP contribution in [0.1, 0.15) is 31.2 Å². The van der Waals surface area contributed by atoms with Gasteiger partial charge < -0.3 is 24.3 Å². The van der Waals surface area contributed by atoms with Crippen LogP contribution in [0, 0.1) is 0 Å². The van der Waals surface area contributed by atoms with E-state index in [9.17, 15) is 14.4 Å². The molecule has 2 N–H and O–H groups in total. The van der Waals surface area contributed by atoms with Crippen molar-refractivity contribution in [3.05, 3.63) is 17.7 Å². The molecule has 1 fully saturated rings. The Kier molecular flexibility index (Phi) is 7.91. The molecule has 0 aromatic heterocycles. The highest BCUT2D eigenvalue weighted by molar-refractivity contribution is 5.95. The third-order valence-corrected chi connectivity index (χ3v) is 4.38. The van der Waals surface area contributed by atoms with Crippen molar-refractivity contribution in [2.75, 3.05) is 27.9 Å². The summed E-state index contributed by atoms with van der Waals surface area (Å²) in [5, 5.41) is 4.88. The van der Waals surface area contributed by atoms with Crippen LogP contribution in [0.4, 0.5) is 4.79 Å². The maximum atomic E-state index is 12.0. The summed E-state index contributed by atoms with van der Waals surface area (Å²) in [4.78, 5) is 35.5. The van der Waals surface area contributed by atoms with Gasteiger partial charge in [-0.25, -0.2) is 4.79 Å². The summed E-state index contributed by atoms with van der Waals surface area (Å²) in [5.74, 6) is -0.0823. The van der Waals surface area contributed by atoms with Crippen LogP contribution in [0.2, 0.25) is 0 Å². The molecular formula is C19H26N2O7. The molecule has 1 saturated carbocycles. The van der Waals surface area contributed by atoms with E-state index in [2.05, 4.69) is 10.6 Å². The van der Waals surface area contributed by atoms with Gasteiger partial charge in [0.25, 0.3) is 5.91 Å². The zero-order valence-corrected chi connectivity index (χ0v) is 16.3. The van der Waals surface area contributed by atoms with Gasteiger partial charge >= 0.3 is 12.0 Å². The first-order chi connectivity index (χ1) is 13.5. The highest BCUT2D eigenvalue weighted by Crippen LogP contribution is 2.38. The normalized spacial score (nSPS) is 13.5. The van der Waals surface area contributed by atoms with E-state index < -0.39 is 24.5 Å². The number of nitrogens with one attached hydrogen (secondary N) is 2. The Balaban J connectivity index is 1.83. The molecule has 0 spiro atoms. The average Bonchev–Trinajstić information content (AvgIpc) is 3.18. The number of benzene rings is 1. The van der Waals surface area contributed by atoms with Gasteiger partial charge in [0.05, 0.1) is 27.8 Å². The van der Waals surface area contributed by atoms with Crippen molar-refractivity contribution < 1.29 is 33.3 Å². The SMILES string of the molecule is COc1cc(CC(=O)OCC(=O)NC(=O)NC2CCCC2)cc(OC)c1OC. The number of carbonyl (C=O) groups is 3. The summed E-state index contributed by atoms with van der Waals surface area (Å²) in [6.07, 6.45) is 3.85. The molecular weight excluding hydrogens is 368 g/mol. The van der Waals surface area contributed by atoms with Gasteiger partial charge in [0.15, 0.2) is 18.1 Å². The molecule has 0 heterocycles. The fraction of sp³-hybridized carbons (Fsp3) is 0.526. The second kappa shape index (κ2) is 10.4. The van der Waals surface area contributed by atoms with Gasteiger partial charge in [-0.3, -0.25) is 14.9 Å². The van der Waals surface area contributed by atoms with Gasteiger partial charge in [-0.15, -0.1) is 0 Å². The Morgan fingerprint density at radius 3 is 2.14 bits per heavy atom. The van der Waals surface area contributed by atoms with Crippen molar-refractivity contribution in [3.8, 4) is 17.2 Å². The van der Waals surface area contributed by atoms with E-state index in [0.29, 0.717) is 22.8 Å². The number of amides is 3. The molecule has 1 aliphatic rings. The Labute approximate surface area is 163 Å². The highest BCUT2D eigenvalue weighted by Gasteiger charge is 2.19. The summed E-state index contributed by atoms with van der Waals surface area (Å²) in [7, 11) is 4.43. The van der Waals surface area contributed by atoms with Gasteiger partial charge in [-0.2, -0.15) is 0 Å². The van der Waals surface area contributed by atoms with Crippen molar-refractivity contribution in [2.24, 2.45) is 0 Å². The van der Waals surface area contributed by atoms with Crippen LogP contribution >= 0.6 is 0 Å². The molecule has 0 saturated heterocycles. The maximum Gasteiger partial charge on any atom is 0.321 e. The minimum atomic E-state index is -0.686. The summed E-state index contributed by atoms with van der Waals surface area (Å²) >= 11 is 0. The van der Waals surface area contributed by atoms with Crippen LogP contribution in [0.15, 0.2) is 12.1 Å². The summed E-state index contributed by atoms with van der Waals surface area (Å²) in [6, 6.07) is 2.77. The molecule has 0 aliphatic heterocycles. The molecule has 0 radical (unpaired) electrons. The molecule has 28 heavy (non-hydrogen) atoms. The lowest BCUT2D eigenvalue weighted by atomic mass is 10.1. The van der Waals surface area contributed by atoms with Gasteiger partial charge in [-0.1, -0.05) is 12.8 Å². The number of rotatable bonds is 8. The van der Waals surface area contributed by atoms with E-state index in [-0.39, 0.29) is 12.5 Å². The number of ether oxygens (including phenoxy) is 4. The zero-order chi connectivity index (χ0) is 20.5. The molecule has 154 valence electrons.